The second-order valence-corrected chi connectivity index (χ2v) is 4.44. The molecule has 0 saturated carbocycles. The highest BCUT2D eigenvalue weighted by Gasteiger charge is 2.21. The summed E-state index contributed by atoms with van der Waals surface area (Å²) < 4.78 is 1.75. The Labute approximate surface area is 113 Å². The zero-order valence-electron chi connectivity index (χ0n) is 9.44. The van der Waals surface area contributed by atoms with Crippen LogP contribution in [0.5, 0.6) is 0 Å². The van der Waals surface area contributed by atoms with Crippen molar-refractivity contribution in [2.75, 3.05) is 0 Å². The van der Waals surface area contributed by atoms with Crippen molar-refractivity contribution in [3.8, 4) is 17.1 Å². The van der Waals surface area contributed by atoms with Crippen molar-refractivity contribution < 1.29 is 3.71 Å². The Bertz CT molecular complexity index is 592. The van der Waals surface area contributed by atoms with Crippen molar-refractivity contribution in [3.63, 3.8) is 0 Å². The lowest BCUT2D eigenvalue weighted by atomic mass is 10.2. The normalized spacial score (nSPS) is 10.5. The van der Waals surface area contributed by atoms with Crippen molar-refractivity contribution in [2.24, 2.45) is 0 Å². The molecule has 0 fully saturated rings. The third-order valence-corrected chi connectivity index (χ3v) is 3.22. The predicted octanol–water partition coefficient (Wildman–Crippen LogP) is 2.38. The van der Waals surface area contributed by atoms with Crippen LogP contribution in [0.25, 0.3) is 17.1 Å². The third-order valence-electron chi connectivity index (χ3n) is 2.58. The molecule has 0 N–H and O–H groups in total. The first-order chi connectivity index (χ1) is 8.86. The van der Waals surface area contributed by atoms with Gasteiger partial charge in [0.05, 0.1) is 5.56 Å². The number of hydrogen-bond acceptors (Lipinski definition) is 2. The fourth-order valence-corrected chi connectivity index (χ4v) is 2.23. The summed E-state index contributed by atoms with van der Waals surface area (Å²) in [6.45, 7) is 0. The molecule has 3 aromatic rings. The van der Waals surface area contributed by atoms with Crippen LogP contribution in [0, 0.1) is 0 Å². The van der Waals surface area contributed by atoms with E-state index in [1.165, 1.54) is 0 Å². The van der Waals surface area contributed by atoms with Crippen LogP contribution in [0.2, 0.25) is 0 Å². The van der Waals surface area contributed by atoms with Gasteiger partial charge < -0.3 is 0 Å². The standard InChI is InChI=1S/C13H10BrN4/c14-17-13(11-7-3-1-4-8-11)15-16-18(17)12-9-5-2-6-10-12/h1-10H/q+1. The zero-order chi connectivity index (χ0) is 12.4. The van der Waals surface area contributed by atoms with E-state index in [0.29, 0.717) is 0 Å². The molecule has 2 aromatic carbocycles. The summed E-state index contributed by atoms with van der Waals surface area (Å²) in [5.74, 6) is 0.763. The Balaban J connectivity index is 2.09. The molecule has 4 nitrogen and oxygen atoms in total. The molecule has 0 amide bonds. The van der Waals surface area contributed by atoms with Crippen LogP contribution in [0.4, 0.5) is 0 Å². The highest BCUT2D eigenvalue weighted by Crippen LogP contribution is 2.13. The van der Waals surface area contributed by atoms with E-state index in [9.17, 15) is 0 Å². The molecule has 5 heteroatoms. The highest BCUT2D eigenvalue weighted by atomic mass is 79.9. The van der Waals surface area contributed by atoms with E-state index in [2.05, 4.69) is 26.5 Å². The first kappa shape index (κ1) is 11.1. The van der Waals surface area contributed by atoms with Crippen LogP contribution in [0.3, 0.4) is 0 Å². The smallest absolute Gasteiger partial charge is 0.0768 e. The molecule has 0 aliphatic carbocycles. The van der Waals surface area contributed by atoms with Gasteiger partial charge in [-0.1, -0.05) is 40.1 Å². The quantitative estimate of drug-likeness (QED) is 0.728. The number of halogens is 1. The van der Waals surface area contributed by atoms with E-state index in [1.807, 2.05) is 60.7 Å². The molecule has 1 aromatic heterocycles. The van der Waals surface area contributed by atoms with E-state index in [1.54, 1.807) is 8.50 Å². The molecule has 88 valence electrons. The van der Waals surface area contributed by atoms with Crippen molar-refractivity contribution >= 4 is 16.1 Å². The van der Waals surface area contributed by atoms with Gasteiger partial charge in [-0.15, -0.1) is 0 Å². The Hall–Kier alpha value is -2.01. The number of benzene rings is 2. The monoisotopic (exact) mass is 301 g/mol. The lowest BCUT2D eigenvalue weighted by molar-refractivity contribution is -0.558. The van der Waals surface area contributed by atoms with E-state index in [0.717, 1.165) is 17.1 Å². The summed E-state index contributed by atoms with van der Waals surface area (Å²) in [6, 6.07) is 19.8. The molecule has 0 spiro atoms. The predicted molar refractivity (Wildman–Crippen MR) is 71.3 cm³/mol. The Morgan fingerprint density at radius 3 is 2.17 bits per heavy atom. The molecule has 18 heavy (non-hydrogen) atoms. The lowest BCUT2D eigenvalue weighted by Crippen LogP contribution is -2.33. The van der Waals surface area contributed by atoms with Crippen molar-refractivity contribution in [2.45, 2.75) is 0 Å². The number of hydrogen-bond donors (Lipinski definition) is 0. The highest BCUT2D eigenvalue weighted by molar-refractivity contribution is 9.04. The van der Waals surface area contributed by atoms with Crippen LogP contribution >= 0.6 is 16.1 Å². The van der Waals surface area contributed by atoms with Gasteiger partial charge in [0, 0.05) is 0 Å². The summed E-state index contributed by atoms with van der Waals surface area (Å²) in [7, 11) is 0. The van der Waals surface area contributed by atoms with Gasteiger partial charge in [0.15, 0.2) is 21.4 Å². The van der Waals surface area contributed by atoms with Gasteiger partial charge in [-0.3, -0.25) is 0 Å². The van der Waals surface area contributed by atoms with Gasteiger partial charge in [0.2, 0.25) is 0 Å². The number of nitrogens with zero attached hydrogens (tertiary/aromatic N) is 4. The Morgan fingerprint density at radius 2 is 1.50 bits per heavy atom. The van der Waals surface area contributed by atoms with Crippen LogP contribution in [-0.2, 0) is 0 Å². The van der Waals surface area contributed by atoms with Crippen LogP contribution < -0.4 is 3.71 Å². The van der Waals surface area contributed by atoms with Crippen molar-refractivity contribution in [1.82, 2.24) is 15.1 Å². The maximum Gasteiger partial charge on any atom is 0.343 e. The van der Waals surface area contributed by atoms with Gasteiger partial charge in [-0.25, -0.2) is 0 Å². The minimum Gasteiger partial charge on any atom is -0.0768 e. The third kappa shape index (κ3) is 1.93. The topological polar surface area (TPSA) is 34.6 Å². The molecular weight excluding hydrogens is 292 g/mol. The minimum atomic E-state index is 0.763. The summed E-state index contributed by atoms with van der Waals surface area (Å²) in [6.07, 6.45) is 0. The minimum absolute atomic E-state index is 0.763. The maximum atomic E-state index is 4.19. The molecule has 0 radical (unpaired) electrons. The molecule has 0 saturated heterocycles. The first-order valence-electron chi connectivity index (χ1n) is 5.51. The SMILES string of the molecule is Br[n+]1c(-c2ccccc2)nnn1-c1ccccc1. The molecule has 0 aliphatic heterocycles. The molecule has 1 heterocycles. The fourth-order valence-electron chi connectivity index (χ4n) is 1.71. The summed E-state index contributed by atoms with van der Waals surface area (Å²) >= 11 is 3.48. The van der Waals surface area contributed by atoms with Gasteiger partial charge in [0.1, 0.15) is 10.8 Å². The second kappa shape index (κ2) is 4.70. The number of aromatic nitrogens is 4. The van der Waals surface area contributed by atoms with Gasteiger partial charge >= 0.3 is 5.82 Å². The fraction of sp³-hybridized carbons (Fsp3) is 0. The largest absolute Gasteiger partial charge is 0.343 e. The zero-order valence-corrected chi connectivity index (χ0v) is 11.0. The van der Waals surface area contributed by atoms with Crippen LogP contribution in [-0.4, -0.2) is 15.1 Å². The average Bonchev–Trinajstić information content (AvgIpc) is 2.83. The molecular formula is C13H10BrN4+. The molecule has 0 aliphatic rings. The van der Waals surface area contributed by atoms with Crippen LogP contribution in [0.1, 0.15) is 0 Å². The van der Waals surface area contributed by atoms with Gasteiger partial charge in [-0.2, -0.15) is 0 Å². The van der Waals surface area contributed by atoms with E-state index < -0.39 is 0 Å². The number of tetrazole rings is 1. The second-order valence-electron chi connectivity index (χ2n) is 3.76. The molecule has 0 bridgehead atoms. The van der Waals surface area contributed by atoms with E-state index >= 15 is 0 Å². The summed E-state index contributed by atoms with van der Waals surface area (Å²) in [4.78, 5) is 1.70. The number of rotatable bonds is 2. The van der Waals surface area contributed by atoms with E-state index in [4.69, 9.17) is 0 Å². The van der Waals surface area contributed by atoms with E-state index in [-0.39, 0.29) is 0 Å². The Kier molecular flexibility index (Phi) is 2.90. The Morgan fingerprint density at radius 1 is 0.889 bits per heavy atom. The number of para-hydroxylation sites is 1. The lowest BCUT2D eigenvalue weighted by Gasteiger charge is -1.96. The molecule has 0 unspecified atom stereocenters. The van der Waals surface area contributed by atoms with Crippen molar-refractivity contribution in [1.29, 1.82) is 0 Å². The van der Waals surface area contributed by atoms with Gasteiger partial charge in [0.25, 0.3) is 0 Å². The molecule has 3 rings (SSSR count). The van der Waals surface area contributed by atoms with Crippen molar-refractivity contribution in [3.05, 3.63) is 60.7 Å². The molecule has 0 atom stereocenters. The summed E-state index contributed by atoms with van der Waals surface area (Å²) in [5, 5.41) is 8.34. The average molecular weight is 302 g/mol. The van der Waals surface area contributed by atoms with Crippen LogP contribution in [0.15, 0.2) is 60.7 Å². The van der Waals surface area contributed by atoms with Gasteiger partial charge in [-0.05, 0) is 29.1 Å². The maximum absolute atomic E-state index is 4.19. The first-order valence-corrected chi connectivity index (χ1v) is 6.22. The summed E-state index contributed by atoms with van der Waals surface area (Å²) in [5.41, 5.74) is 1.96.